The standard InChI is InChI=1S/C20H29NO4/c1-24-17-9-7-16(8-10-17)4-2-6-19(23)21-13-11-20(12-14-21)18(22)5-3-15-25-20/h7-10,18,22H,2-6,11-15H2,1H3/t18-/m1/s1. The van der Waals surface area contributed by atoms with Crippen molar-refractivity contribution in [2.24, 2.45) is 0 Å². The van der Waals surface area contributed by atoms with Crippen molar-refractivity contribution in [3.05, 3.63) is 29.8 Å². The summed E-state index contributed by atoms with van der Waals surface area (Å²) in [5.74, 6) is 1.07. The van der Waals surface area contributed by atoms with Gasteiger partial charge in [-0.1, -0.05) is 12.1 Å². The van der Waals surface area contributed by atoms with E-state index in [1.807, 2.05) is 17.0 Å². The summed E-state index contributed by atoms with van der Waals surface area (Å²) >= 11 is 0. The number of aryl methyl sites for hydroxylation is 1. The van der Waals surface area contributed by atoms with Crippen LogP contribution in [-0.4, -0.2) is 54.4 Å². The molecule has 2 aliphatic heterocycles. The van der Waals surface area contributed by atoms with Crippen molar-refractivity contribution in [2.45, 2.75) is 56.7 Å². The lowest BCUT2D eigenvalue weighted by molar-refractivity contribution is -0.179. The molecule has 2 heterocycles. The van der Waals surface area contributed by atoms with E-state index in [1.54, 1.807) is 7.11 Å². The molecule has 3 rings (SSSR count). The second-order valence-corrected chi connectivity index (χ2v) is 7.15. The van der Waals surface area contributed by atoms with Gasteiger partial charge < -0.3 is 19.5 Å². The van der Waals surface area contributed by atoms with Gasteiger partial charge in [0.25, 0.3) is 0 Å². The minimum Gasteiger partial charge on any atom is -0.497 e. The first-order valence-corrected chi connectivity index (χ1v) is 9.36. The summed E-state index contributed by atoms with van der Waals surface area (Å²) in [7, 11) is 1.66. The Hall–Kier alpha value is -1.59. The fourth-order valence-electron chi connectivity index (χ4n) is 3.92. The molecule has 0 aromatic heterocycles. The van der Waals surface area contributed by atoms with Gasteiger partial charge >= 0.3 is 0 Å². The maximum absolute atomic E-state index is 12.4. The maximum Gasteiger partial charge on any atom is 0.222 e. The van der Waals surface area contributed by atoms with E-state index in [1.165, 1.54) is 5.56 Å². The zero-order chi connectivity index (χ0) is 17.7. The first-order valence-electron chi connectivity index (χ1n) is 9.36. The second kappa shape index (κ2) is 8.19. The predicted molar refractivity (Wildman–Crippen MR) is 95.7 cm³/mol. The average Bonchev–Trinajstić information content (AvgIpc) is 2.65. The van der Waals surface area contributed by atoms with Crippen LogP contribution in [-0.2, 0) is 16.0 Å². The number of nitrogens with zero attached hydrogens (tertiary/aromatic N) is 1. The minimum absolute atomic E-state index is 0.216. The molecule has 0 unspecified atom stereocenters. The molecule has 1 aromatic rings. The molecule has 1 spiro atoms. The van der Waals surface area contributed by atoms with Gasteiger partial charge in [-0.05, 0) is 56.2 Å². The topological polar surface area (TPSA) is 59.0 Å². The van der Waals surface area contributed by atoms with Crippen molar-refractivity contribution in [1.82, 2.24) is 4.90 Å². The number of aliphatic hydroxyl groups is 1. The molecule has 0 saturated carbocycles. The molecule has 2 saturated heterocycles. The van der Waals surface area contributed by atoms with Crippen LogP contribution in [0.5, 0.6) is 5.75 Å². The van der Waals surface area contributed by atoms with Crippen LogP contribution in [0.15, 0.2) is 24.3 Å². The zero-order valence-corrected chi connectivity index (χ0v) is 15.1. The van der Waals surface area contributed by atoms with Crippen LogP contribution in [0.3, 0.4) is 0 Å². The first kappa shape index (κ1) is 18.2. The van der Waals surface area contributed by atoms with E-state index in [0.29, 0.717) is 19.5 Å². The third kappa shape index (κ3) is 4.33. The van der Waals surface area contributed by atoms with Gasteiger partial charge in [0.1, 0.15) is 5.75 Å². The summed E-state index contributed by atoms with van der Waals surface area (Å²) < 4.78 is 11.1. The summed E-state index contributed by atoms with van der Waals surface area (Å²) in [6.07, 6.45) is 5.18. The van der Waals surface area contributed by atoms with E-state index in [9.17, 15) is 9.90 Å². The van der Waals surface area contributed by atoms with Crippen LogP contribution in [0.25, 0.3) is 0 Å². The van der Waals surface area contributed by atoms with Crippen molar-refractivity contribution >= 4 is 5.91 Å². The normalized spacial score (nSPS) is 22.8. The van der Waals surface area contributed by atoms with Crippen molar-refractivity contribution in [3.8, 4) is 5.75 Å². The molecule has 1 amide bonds. The first-order chi connectivity index (χ1) is 12.1. The van der Waals surface area contributed by atoms with Crippen LogP contribution in [0, 0.1) is 0 Å². The molecule has 1 N–H and O–H groups in total. The Kier molecular flexibility index (Phi) is 5.97. The maximum atomic E-state index is 12.4. The highest BCUT2D eigenvalue weighted by Gasteiger charge is 2.44. The summed E-state index contributed by atoms with van der Waals surface area (Å²) in [6.45, 7) is 2.11. The van der Waals surface area contributed by atoms with E-state index >= 15 is 0 Å². The number of carbonyl (C=O) groups is 1. The lowest BCUT2D eigenvalue weighted by Gasteiger charge is -2.46. The summed E-state index contributed by atoms with van der Waals surface area (Å²) in [5, 5.41) is 10.3. The van der Waals surface area contributed by atoms with Crippen molar-refractivity contribution in [1.29, 1.82) is 0 Å². The lowest BCUT2D eigenvalue weighted by atomic mass is 9.82. The fourth-order valence-corrected chi connectivity index (χ4v) is 3.92. The fraction of sp³-hybridized carbons (Fsp3) is 0.650. The number of likely N-dealkylation sites (tertiary alicyclic amines) is 1. The second-order valence-electron chi connectivity index (χ2n) is 7.15. The van der Waals surface area contributed by atoms with Gasteiger partial charge in [-0.3, -0.25) is 4.79 Å². The van der Waals surface area contributed by atoms with E-state index in [-0.39, 0.29) is 12.0 Å². The molecule has 0 radical (unpaired) electrons. The molecular weight excluding hydrogens is 318 g/mol. The molecule has 2 aliphatic rings. The Balaban J connectivity index is 1.42. The van der Waals surface area contributed by atoms with Crippen LogP contribution in [0.4, 0.5) is 0 Å². The largest absolute Gasteiger partial charge is 0.497 e. The van der Waals surface area contributed by atoms with Crippen LogP contribution < -0.4 is 4.74 Å². The third-order valence-corrected chi connectivity index (χ3v) is 5.60. The lowest BCUT2D eigenvalue weighted by Crippen LogP contribution is -2.56. The van der Waals surface area contributed by atoms with Gasteiger partial charge in [-0.2, -0.15) is 0 Å². The third-order valence-electron chi connectivity index (χ3n) is 5.60. The highest BCUT2D eigenvalue weighted by Crippen LogP contribution is 2.35. The average molecular weight is 347 g/mol. The quantitative estimate of drug-likeness (QED) is 0.889. The number of carbonyl (C=O) groups excluding carboxylic acids is 1. The minimum atomic E-state index is -0.405. The molecule has 5 heteroatoms. The number of benzene rings is 1. The number of methoxy groups -OCH3 is 1. The molecule has 0 bridgehead atoms. The molecule has 5 nitrogen and oxygen atoms in total. The van der Waals surface area contributed by atoms with Crippen molar-refractivity contribution in [3.63, 3.8) is 0 Å². The number of piperidine rings is 1. The van der Waals surface area contributed by atoms with Crippen molar-refractivity contribution < 1.29 is 19.4 Å². The Bertz CT molecular complexity index is 564. The van der Waals surface area contributed by atoms with Gasteiger partial charge in [-0.15, -0.1) is 0 Å². The number of aliphatic hydroxyl groups excluding tert-OH is 1. The molecule has 138 valence electrons. The summed E-state index contributed by atoms with van der Waals surface area (Å²) in [6, 6.07) is 8.01. The van der Waals surface area contributed by atoms with E-state index in [0.717, 1.165) is 50.9 Å². The van der Waals surface area contributed by atoms with E-state index in [4.69, 9.17) is 9.47 Å². The van der Waals surface area contributed by atoms with Gasteiger partial charge in [0, 0.05) is 26.1 Å². The highest BCUT2D eigenvalue weighted by molar-refractivity contribution is 5.76. The van der Waals surface area contributed by atoms with Crippen LogP contribution in [0.2, 0.25) is 0 Å². The molecular formula is C20H29NO4. The number of ether oxygens (including phenoxy) is 2. The number of hydrogen-bond acceptors (Lipinski definition) is 4. The SMILES string of the molecule is COc1ccc(CCCC(=O)N2CCC3(CC2)OCCC[C@H]3O)cc1. The number of hydrogen-bond donors (Lipinski definition) is 1. The highest BCUT2D eigenvalue weighted by atomic mass is 16.5. The monoisotopic (exact) mass is 347 g/mol. The number of amides is 1. The summed E-state index contributed by atoms with van der Waals surface area (Å²) in [5.41, 5.74) is 0.822. The summed E-state index contributed by atoms with van der Waals surface area (Å²) in [4.78, 5) is 14.4. The Morgan fingerprint density at radius 1 is 1.32 bits per heavy atom. The van der Waals surface area contributed by atoms with Crippen LogP contribution in [0.1, 0.15) is 44.1 Å². The van der Waals surface area contributed by atoms with Gasteiger partial charge in [0.15, 0.2) is 0 Å². The van der Waals surface area contributed by atoms with Gasteiger partial charge in [0.2, 0.25) is 5.91 Å². The Labute approximate surface area is 149 Å². The van der Waals surface area contributed by atoms with Gasteiger partial charge in [-0.25, -0.2) is 0 Å². The van der Waals surface area contributed by atoms with Crippen LogP contribution >= 0.6 is 0 Å². The smallest absolute Gasteiger partial charge is 0.222 e. The van der Waals surface area contributed by atoms with E-state index in [2.05, 4.69) is 12.1 Å². The molecule has 2 fully saturated rings. The van der Waals surface area contributed by atoms with Crippen molar-refractivity contribution in [2.75, 3.05) is 26.8 Å². The number of rotatable bonds is 5. The molecule has 0 aliphatic carbocycles. The molecule has 1 atom stereocenters. The predicted octanol–water partition coefficient (Wildman–Crippen LogP) is 2.55. The Morgan fingerprint density at radius 3 is 2.68 bits per heavy atom. The van der Waals surface area contributed by atoms with Gasteiger partial charge in [0.05, 0.1) is 18.8 Å². The Morgan fingerprint density at radius 2 is 2.04 bits per heavy atom. The molecule has 1 aromatic carbocycles. The zero-order valence-electron chi connectivity index (χ0n) is 15.1. The molecule has 25 heavy (non-hydrogen) atoms. The van der Waals surface area contributed by atoms with E-state index < -0.39 is 5.60 Å².